The van der Waals surface area contributed by atoms with Gasteiger partial charge in [-0.25, -0.2) is 0 Å². The topological polar surface area (TPSA) is 53.2 Å². The summed E-state index contributed by atoms with van der Waals surface area (Å²) in [6.07, 6.45) is -0.516. The predicted octanol–water partition coefficient (Wildman–Crippen LogP) is 2.35. The van der Waals surface area contributed by atoms with Crippen LogP contribution in [-0.2, 0) is 4.74 Å². The predicted molar refractivity (Wildman–Crippen MR) is 64.4 cm³/mol. The first-order chi connectivity index (χ1) is 7.69. The molecule has 16 heavy (non-hydrogen) atoms. The summed E-state index contributed by atoms with van der Waals surface area (Å²) in [6.45, 7) is 2.38. The van der Waals surface area contributed by atoms with Crippen LogP contribution >= 0.6 is 11.8 Å². The van der Waals surface area contributed by atoms with Crippen molar-refractivity contribution in [2.75, 3.05) is 19.5 Å². The Bertz CT molecular complexity index is 385. The van der Waals surface area contributed by atoms with Gasteiger partial charge in [0.2, 0.25) is 0 Å². The number of hydrogen-bond donors (Lipinski definition) is 1. The number of ether oxygens (including phenoxy) is 1. The molecule has 0 aliphatic heterocycles. The molecular weight excluding hydrogens is 222 g/mol. The van der Waals surface area contributed by atoms with Crippen LogP contribution in [0.15, 0.2) is 23.1 Å². The number of aliphatic hydroxyl groups is 1. The Morgan fingerprint density at radius 1 is 1.56 bits per heavy atom. The molecule has 0 bridgehead atoms. The highest BCUT2D eigenvalue weighted by Gasteiger charge is 2.09. The van der Waals surface area contributed by atoms with E-state index in [4.69, 9.17) is 10.00 Å². The lowest BCUT2D eigenvalue weighted by Crippen LogP contribution is -1.97. The fraction of sp³-hybridized carbons (Fsp3) is 0.417. The van der Waals surface area contributed by atoms with E-state index in [1.807, 2.05) is 6.07 Å². The second kappa shape index (κ2) is 6.54. The van der Waals surface area contributed by atoms with E-state index in [0.717, 1.165) is 16.2 Å². The number of methoxy groups -OCH3 is 1. The van der Waals surface area contributed by atoms with Crippen molar-refractivity contribution in [2.45, 2.75) is 17.9 Å². The highest BCUT2D eigenvalue weighted by Crippen LogP contribution is 2.28. The van der Waals surface area contributed by atoms with Gasteiger partial charge in [0, 0.05) is 17.8 Å². The average Bonchev–Trinajstić information content (AvgIpc) is 2.29. The summed E-state index contributed by atoms with van der Waals surface area (Å²) in [7, 11) is 1.65. The molecule has 0 fully saturated rings. The molecule has 1 N–H and O–H groups in total. The maximum atomic E-state index is 9.60. The quantitative estimate of drug-likeness (QED) is 0.631. The van der Waals surface area contributed by atoms with Crippen LogP contribution in [0.4, 0.5) is 0 Å². The Labute approximate surface area is 100 Å². The number of benzene rings is 1. The molecule has 0 aliphatic rings. The van der Waals surface area contributed by atoms with Crippen molar-refractivity contribution in [2.24, 2.45) is 0 Å². The Morgan fingerprint density at radius 2 is 2.31 bits per heavy atom. The Balaban J connectivity index is 2.88. The van der Waals surface area contributed by atoms with Gasteiger partial charge in [0.25, 0.3) is 0 Å². The highest BCUT2D eigenvalue weighted by atomic mass is 32.2. The molecule has 0 saturated carbocycles. The van der Waals surface area contributed by atoms with Gasteiger partial charge in [-0.3, -0.25) is 0 Å². The van der Waals surface area contributed by atoms with Crippen molar-refractivity contribution in [1.29, 1.82) is 5.26 Å². The first-order valence-electron chi connectivity index (χ1n) is 5.03. The van der Waals surface area contributed by atoms with Crippen molar-refractivity contribution >= 4 is 11.8 Å². The van der Waals surface area contributed by atoms with Crippen LogP contribution in [0.3, 0.4) is 0 Å². The van der Waals surface area contributed by atoms with Crippen LogP contribution in [0.5, 0.6) is 0 Å². The van der Waals surface area contributed by atoms with Crippen LogP contribution in [0.2, 0.25) is 0 Å². The molecule has 1 atom stereocenters. The molecule has 0 unspecified atom stereocenters. The molecule has 4 heteroatoms. The number of aliphatic hydroxyl groups excluding tert-OH is 1. The van der Waals surface area contributed by atoms with Gasteiger partial charge in [0.15, 0.2) is 0 Å². The SMILES string of the molecule is COCCSc1cc(C#N)ccc1[C@H](C)O. The molecule has 0 heterocycles. The zero-order valence-electron chi connectivity index (χ0n) is 9.43. The molecule has 0 amide bonds. The fourth-order valence-electron chi connectivity index (χ4n) is 1.31. The van der Waals surface area contributed by atoms with Crippen LogP contribution in [0, 0.1) is 11.3 Å². The summed E-state index contributed by atoms with van der Waals surface area (Å²) in [6, 6.07) is 7.43. The molecule has 0 saturated heterocycles. The first-order valence-corrected chi connectivity index (χ1v) is 6.01. The van der Waals surface area contributed by atoms with Gasteiger partial charge in [0.05, 0.1) is 24.3 Å². The summed E-state index contributed by atoms with van der Waals surface area (Å²) in [5.74, 6) is 0.811. The normalized spacial score (nSPS) is 12.1. The van der Waals surface area contributed by atoms with Crippen LogP contribution < -0.4 is 0 Å². The van der Waals surface area contributed by atoms with Crippen molar-refractivity contribution < 1.29 is 9.84 Å². The fourth-order valence-corrected chi connectivity index (χ4v) is 2.39. The summed E-state index contributed by atoms with van der Waals surface area (Å²) in [4.78, 5) is 0.950. The van der Waals surface area contributed by atoms with Gasteiger partial charge in [0.1, 0.15) is 0 Å². The third kappa shape index (κ3) is 3.53. The van der Waals surface area contributed by atoms with E-state index in [1.165, 1.54) is 0 Å². The van der Waals surface area contributed by atoms with E-state index in [9.17, 15) is 5.11 Å². The van der Waals surface area contributed by atoms with Crippen LogP contribution in [0.25, 0.3) is 0 Å². The maximum absolute atomic E-state index is 9.60. The van der Waals surface area contributed by atoms with E-state index in [1.54, 1.807) is 37.9 Å². The van der Waals surface area contributed by atoms with Crippen molar-refractivity contribution in [3.63, 3.8) is 0 Å². The lowest BCUT2D eigenvalue weighted by Gasteiger charge is -2.11. The Morgan fingerprint density at radius 3 is 2.88 bits per heavy atom. The zero-order valence-corrected chi connectivity index (χ0v) is 10.3. The summed E-state index contributed by atoms with van der Waals surface area (Å²) in [5.41, 5.74) is 1.48. The molecule has 0 aliphatic carbocycles. The van der Waals surface area contributed by atoms with Gasteiger partial charge in [-0.15, -0.1) is 11.8 Å². The maximum Gasteiger partial charge on any atom is 0.0992 e. The van der Waals surface area contributed by atoms with Gasteiger partial charge >= 0.3 is 0 Å². The second-order valence-corrected chi connectivity index (χ2v) is 4.52. The van der Waals surface area contributed by atoms with E-state index >= 15 is 0 Å². The van der Waals surface area contributed by atoms with Gasteiger partial charge in [-0.2, -0.15) is 5.26 Å². The lowest BCUT2D eigenvalue weighted by atomic mass is 10.1. The molecule has 3 nitrogen and oxygen atoms in total. The van der Waals surface area contributed by atoms with Crippen LogP contribution in [-0.4, -0.2) is 24.6 Å². The first kappa shape index (κ1) is 13.0. The summed E-state index contributed by atoms with van der Waals surface area (Å²) in [5, 5.41) is 18.4. The molecule has 0 aromatic heterocycles. The number of thioether (sulfide) groups is 1. The Kier molecular flexibility index (Phi) is 5.33. The van der Waals surface area contributed by atoms with Crippen molar-refractivity contribution in [3.8, 4) is 6.07 Å². The monoisotopic (exact) mass is 237 g/mol. The third-order valence-electron chi connectivity index (χ3n) is 2.14. The molecular formula is C12H15NO2S. The van der Waals surface area contributed by atoms with Crippen molar-refractivity contribution in [1.82, 2.24) is 0 Å². The number of rotatable bonds is 5. The minimum atomic E-state index is -0.516. The standard InChI is InChI=1S/C12H15NO2S/c1-9(14)11-4-3-10(8-13)7-12(11)16-6-5-15-2/h3-4,7,9,14H,5-6H2,1-2H3/t9-/m0/s1. The molecule has 1 aromatic rings. The molecule has 1 rings (SSSR count). The second-order valence-electron chi connectivity index (χ2n) is 3.38. The molecule has 0 spiro atoms. The number of nitriles is 1. The van der Waals surface area contributed by atoms with Gasteiger partial charge < -0.3 is 9.84 Å². The Hall–Kier alpha value is -1.02. The molecule has 86 valence electrons. The van der Waals surface area contributed by atoms with E-state index in [-0.39, 0.29) is 0 Å². The molecule has 1 aromatic carbocycles. The van der Waals surface area contributed by atoms with Crippen molar-refractivity contribution in [3.05, 3.63) is 29.3 Å². The number of nitrogens with zero attached hydrogens (tertiary/aromatic N) is 1. The minimum Gasteiger partial charge on any atom is -0.389 e. The zero-order chi connectivity index (χ0) is 12.0. The smallest absolute Gasteiger partial charge is 0.0992 e. The average molecular weight is 237 g/mol. The lowest BCUT2D eigenvalue weighted by molar-refractivity contribution is 0.196. The van der Waals surface area contributed by atoms with Gasteiger partial charge in [-0.1, -0.05) is 6.07 Å². The highest BCUT2D eigenvalue weighted by molar-refractivity contribution is 7.99. The number of hydrogen-bond acceptors (Lipinski definition) is 4. The van der Waals surface area contributed by atoms with E-state index in [2.05, 4.69) is 6.07 Å². The van der Waals surface area contributed by atoms with E-state index in [0.29, 0.717) is 12.2 Å². The van der Waals surface area contributed by atoms with Crippen LogP contribution in [0.1, 0.15) is 24.2 Å². The molecule has 0 radical (unpaired) electrons. The van der Waals surface area contributed by atoms with E-state index < -0.39 is 6.10 Å². The van der Waals surface area contributed by atoms with Gasteiger partial charge in [-0.05, 0) is 24.6 Å². The summed E-state index contributed by atoms with van der Waals surface area (Å²) >= 11 is 1.59. The third-order valence-corrected chi connectivity index (χ3v) is 3.17. The minimum absolute atomic E-state index is 0.516. The summed E-state index contributed by atoms with van der Waals surface area (Å²) < 4.78 is 4.97. The largest absolute Gasteiger partial charge is 0.389 e.